The lowest BCUT2D eigenvalue weighted by molar-refractivity contribution is 0.324. The van der Waals surface area contributed by atoms with Crippen LogP contribution < -0.4 is 4.90 Å². The summed E-state index contributed by atoms with van der Waals surface area (Å²) >= 11 is 0. The van der Waals surface area contributed by atoms with Crippen molar-refractivity contribution in [1.82, 2.24) is 15.1 Å². The van der Waals surface area contributed by atoms with Crippen molar-refractivity contribution in [2.75, 3.05) is 18.0 Å². The summed E-state index contributed by atoms with van der Waals surface area (Å²) in [5.41, 5.74) is 1.19. The maximum atomic E-state index is 13.3. The van der Waals surface area contributed by atoms with E-state index in [0.717, 1.165) is 18.8 Å². The minimum absolute atomic E-state index is 0.371. The molecule has 0 aromatic carbocycles. The standard InChI is InChI=1S/C15H17FN4O/c1-15(8-12(15)16)14-18-13(19-21-14)11-5-4-10(9-17-11)20-6-2-3-7-20/h4-5,9,12H,2-3,6-8H2,1H3. The average Bonchev–Trinajstić information content (AvgIpc) is 3.02. The fourth-order valence-electron chi connectivity index (χ4n) is 2.77. The van der Waals surface area contributed by atoms with Gasteiger partial charge in [0.1, 0.15) is 11.9 Å². The molecule has 2 atom stereocenters. The predicted octanol–water partition coefficient (Wildman–Crippen LogP) is 2.73. The molecule has 0 amide bonds. The van der Waals surface area contributed by atoms with E-state index in [2.05, 4.69) is 20.0 Å². The molecule has 21 heavy (non-hydrogen) atoms. The van der Waals surface area contributed by atoms with Crippen molar-refractivity contribution in [2.45, 2.75) is 37.8 Å². The Labute approximate surface area is 122 Å². The highest BCUT2D eigenvalue weighted by Gasteiger charge is 2.57. The second-order valence-electron chi connectivity index (χ2n) is 6.11. The maximum absolute atomic E-state index is 13.3. The molecule has 2 aromatic rings. The van der Waals surface area contributed by atoms with Crippen molar-refractivity contribution in [3.05, 3.63) is 24.2 Å². The fraction of sp³-hybridized carbons (Fsp3) is 0.533. The van der Waals surface area contributed by atoms with Gasteiger partial charge in [-0.25, -0.2) is 4.39 Å². The Morgan fingerprint density at radius 2 is 2.10 bits per heavy atom. The van der Waals surface area contributed by atoms with E-state index in [1.54, 1.807) is 6.92 Å². The molecule has 2 fully saturated rings. The third kappa shape index (κ3) is 2.09. The van der Waals surface area contributed by atoms with Gasteiger partial charge < -0.3 is 9.42 Å². The van der Waals surface area contributed by atoms with Gasteiger partial charge in [-0.05, 0) is 38.3 Å². The van der Waals surface area contributed by atoms with E-state index < -0.39 is 11.6 Å². The molecule has 0 spiro atoms. The molecule has 3 heterocycles. The molecule has 0 N–H and O–H groups in total. The molecule has 2 aliphatic rings. The largest absolute Gasteiger partial charge is 0.370 e. The van der Waals surface area contributed by atoms with Gasteiger partial charge in [-0.1, -0.05) is 5.16 Å². The van der Waals surface area contributed by atoms with Crippen LogP contribution in [-0.4, -0.2) is 34.4 Å². The van der Waals surface area contributed by atoms with Crippen LogP contribution in [0.2, 0.25) is 0 Å². The Morgan fingerprint density at radius 1 is 1.33 bits per heavy atom. The summed E-state index contributed by atoms with van der Waals surface area (Å²) in [6.45, 7) is 3.98. The molecule has 2 unspecified atom stereocenters. The van der Waals surface area contributed by atoms with E-state index in [4.69, 9.17) is 4.52 Å². The van der Waals surface area contributed by atoms with Gasteiger partial charge in [0.15, 0.2) is 0 Å². The Bertz CT molecular complexity index is 650. The summed E-state index contributed by atoms with van der Waals surface area (Å²) in [7, 11) is 0. The number of pyridine rings is 1. The van der Waals surface area contributed by atoms with Crippen molar-refractivity contribution in [1.29, 1.82) is 0 Å². The number of nitrogens with zero attached hydrogens (tertiary/aromatic N) is 4. The van der Waals surface area contributed by atoms with Gasteiger partial charge in [-0.2, -0.15) is 4.98 Å². The van der Waals surface area contributed by atoms with Crippen molar-refractivity contribution >= 4 is 5.69 Å². The molecule has 1 aliphatic carbocycles. The zero-order chi connectivity index (χ0) is 14.4. The number of rotatable bonds is 3. The predicted molar refractivity (Wildman–Crippen MR) is 75.8 cm³/mol. The van der Waals surface area contributed by atoms with Gasteiger partial charge in [-0.15, -0.1) is 0 Å². The van der Waals surface area contributed by atoms with Crippen LogP contribution >= 0.6 is 0 Å². The van der Waals surface area contributed by atoms with Crippen LogP contribution in [-0.2, 0) is 5.41 Å². The molecule has 110 valence electrons. The third-order valence-corrected chi connectivity index (χ3v) is 4.50. The molecule has 6 heteroatoms. The smallest absolute Gasteiger partial charge is 0.235 e. The summed E-state index contributed by atoms with van der Waals surface area (Å²) < 4.78 is 18.5. The minimum atomic E-state index is -0.878. The lowest BCUT2D eigenvalue weighted by Crippen LogP contribution is -2.17. The molecule has 4 rings (SSSR count). The molecule has 1 saturated heterocycles. The van der Waals surface area contributed by atoms with E-state index in [-0.39, 0.29) is 0 Å². The zero-order valence-corrected chi connectivity index (χ0v) is 11.9. The fourth-order valence-corrected chi connectivity index (χ4v) is 2.77. The highest BCUT2D eigenvalue weighted by Crippen LogP contribution is 2.49. The maximum Gasteiger partial charge on any atom is 0.235 e. The van der Waals surface area contributed by atoms with Gasteiger partial charge in [0, 0.05) is 13.1 Å². The van der Waals surface area contributed by atoms with E-state index in [1.165, 1.54) is 12.8 Å². The number of hydrogen-bond donors (Lipinski definition) is 0. The number of aromatic nitrogens is 3. The zero-order valence-electron chi connectivity index (χ0n) is 11.9. The minimum Gasteiger partial charge on any atom is -0.370 e. The Morgan fingerprint density at radius 3 is 2.71 bits per heavy atom. The normalized spacial score (nSPS) is 28.1. The molecule has 0 bridgehead atoms. The van der Waals surface area contributed by atoms with Crippen LogP contribution in [0.5, 0.6) is 0 Å². The van der Waals surface area contributed by atoms with E-state index in [0.29, 0.717) is 23.8 Å². The summed E-state index contributed by atoms with van der Waals surface area (Å²) in [6.07, 6.45) is 3.89. The van der Waals surface area contributed by atoms with Crippen LogP contribution in [0.4, 0.5) is 10.1 Å². The number of anilines is 1. The number of hydrogen-bond acceptors (Lipinski definition) is 5. The van der Waals surface area contributed by atoms with Gasteiger partial charge in [0.2, 0.25) is 11.7 Å². The molecule has 0 radical (unpaired) electrons. The first kappa shape index (κ1) is 12.7. The third-order valence-electron chi connectivity index (χ3n) is 4.50. The Hall–Kier alpha value is -1.98. The molecular formula is C15H17FN4O. The number of alkyl halides is 1. The average molecular weight is 288 g/mol. The SMILES string of the molecule is CC1(c2nc(-c3ccc(N4CCCC4)cn3)no2)CC1F. The highest BCUT2D eigenvalue weighted by atomic mass is 19.1. The second kappa shape index (κ2) is 4.51. The Balaban J connectivity index is 1.56. The topological polar surface area (TPSA) is 55.1 Å². The van der Waals surface area contributed by atoms with Gasteiger partial charge in [-0.3, -0.25) is 4.98 Å². The molecule has 1 aliphatic heterocycles. The molecule has 5 nitrogen and oxygen atoms in total. The summed E-state index contributed by atoms with van der Waals surface area (Å²) in [6, 6.07) is 3.92. The van der Waals surface area contributed by atoms with Crippen LogP contribution in [0.15, 0.2) is 22.9 Å². The van der Waals surface area contributed by atoms with Crippen LogP contribution in [0.1, 0.15) is 32.1 Å². The van der Waals surface area contributed by atoms with Gasteiger partial charge in [0.25, 0.3) is 0 Å². The quantitative estimate of drug-likeness (QED) is 0.869. The monoisotopic (exact) mass is 288 g/mol. The summed E-state index contributed by atoms with van der Waals surface area (Å²) in [5, 5.41) is 3.93. The van der Waals surface area contributed by atoms with Crippen LogP contribution in [0.3, 0.4) is 0 Å². The van der Waals surface area contributed by atoms with E-state index in [9.17, 15) is 4.39 Å². The van der Waals surface area contributed by atoms with E-state index in [1.807, 2.05) is 18.3 Å². The van der Waals surface area contributed by atoms with Crippen LogP contribution in [0, 0.1) is 0 Å². The Kier molecular flexibility index (Phi) is 2.74. The van der Waals surface area contributed by atoms with Crippen molar-refractivity contribution in [3.63, 3.8) is 0 Å². The van der Waals surface area contributed by atoms with Crippen molar-refractivity contribution in [2.24, 2.45) is 0 Å². The van der Waals surface area contributed by atoms with Crippen LogP contribution in [0.25, 0.3) is 11.5 Å². The van der Waals surface area contributed by atoms with Gasteiger partial charge in [0.05, 0.1) is 17.3 Å². The molecular weight excluding hydrogens is 271 g/mol. The number of halogens is 1. The first-order valence-electron chi connectivity index (χ1n) is 7.36. The lowest BCUT2D eigenvalue weighted by atomic mass is 10.1. The van der Waals surface area contributed by atoms with E-state index >= 15 is 0 Å². The lowest BCUT2D eigenvalue weighted by Gasteiger charge is -2.16. The van der Waals surface area contributed by atoms with Gasteiger partial charge >= 0.3 is 0 Å². The first-order valence-corrected chi connectivity index (χ1v) is 7.36. The molecule has 2 aromatic heterocycles. The summed E-state index contributed by atoms with van der Waals surface area (Å²) in [4.78, 5) is 11.0. The second-order valence-corrected chi connectivity index (χ2v) is 6.11. The first-order chi connectivity index (χ1) is 10.2. The summed E-state index contributed by atoms with van der Waals surface area (Å²) in [5.74, 6) is 0.800. The van der Waals surface area contributed by atoms with Crippen molar-refractivity contribution < 1.29 is 8.91 Å². The highest BCUT2D eigenvalue weighted by molar-refractivity contribution is 5.54. The molecule has 1 saturated carbocycles. The van der Waals surface area contributed by atoms with Crippen molar-refractivity contribution in [3.8, 4) is 11.5 Å².